The quantitative estimate of drug-likeness (QED) is 0.706. The van der Waals surface area contributed by atoms with Gasteiger partial charge in [-0.25, -0.2) is 4.79 Å². The first-order chi connectivity index (χ1) is 11.1. The number of benzene rings is 1. The average Bonchev–Trinajstić information content (AvgIpc) is 2.55. The number of para-hydroxylation sites is 1. The number of halogens is 1. The molecule has 0 aromatic heterocycles. The first-order valence-corrected chi connectivity index (χ1v) is 8.64. The van der Waals surface area contributed by atoms with Gasteiger partial charge >= 0.3 is 6.03 Å². The van der Waals surface area contributed by atoms with Gasteiger partial charge < -0.3 is 10.6 Å². The van der Waals surface area contributed by atoms with E-state index in [2.05, 4.69) is 23.6 Å². The molecule has 0 radical (unpaired) electrons. The van der Waals surface area contributed by atoms with Crippen LogP contribution in [0.2, 0.25) is 5.02 Å². The molecule has 1 aromatic rings. The van der Waals surface area contributed by atoms with Crippen molar-refractivity contribution in [1.29, 1.82) is 0 Å². The summed E-state index contributed by atoms with van der Waals surface area (Å²) < 4.78 is 0. The fraction of sp³-hybridized carbons (Fsp3) is 0.421. The van der Waals surface area contributed by atoms with Gasteiger partial charge in [-0.05, 0) is 50.8 Å². The van der Waals surface area contributed by atoms with Crippen molar-refractivity contribution in [3.63, 3.8) is 0 Å². The van der Waals surface area contributed by atoms with Crippen molar-refractivity contribution < 1.29 is 4.79 Å². The highest BCUT2D eigenvalue weighted by molar-refractivity contribution is 6.33. The maximum atomic E-state index is 12.2. The zero-order valence-corrected chi connectivity index (χ0v) is 15.2. The summed E-state index contributed by atoms with van der Waals surface area (Å²) in [5.41, 5.74) is 3.20. The molecule has 0 heterocycles. The fourth-order valence-electron chi connectivity index (χ4n) is 2.64. The predicted octanol–water partition coefficient (Wildman–Crippen LogP) is 5.93. The zero-order valence-electron chi connectivity index (χ0n) is 14.4. The molecule has 2 amide bonds. The SMILES string of the molecule is C/C=C\C1=C(C)CCCC1NC(=O)Nc1ccccc1Cl.CC. The first kappa shape index (κ1) is 19.3. The van der Waals surface area contributed by atoms with Crippen LogP contribution in [0.5, 0.6) is 0 Å². The largest absolute Gasteiger partial charge is 0.331 e. The van der Waals surface area contributed by atoms with E-state index in [1.807, 2.05) is 39.0 Å². The molecule has 1 aromatic carbocycles. The summed E-state index contributed by atoms with van der Waals surface area (Å²) in [5, 5.41) is 6.39. The Morgan fingerprint density at radius 1 is 1.30 bits per heavy atom. The molecular formula is C19H27ClN2O. The second-order valence-corrected chi connectivity index (χ2v) is 5.67. The third kappa shape index (κ3) is 5.76. The van der Waals surface area contributed by atoms with Gasteiger partial charge in [0.15, 0.2) is 0 Å². The Bertz CT molecular complexity index is 578. The number of anilines is 1. The fourth-order valence-corrected chi connectivity index (χ4v) is 2.82. The number of amides is 2. The minimum Gasteiger partial charge on any atom is -0.331 e. The summed E-state index contributed by atoms with van der Waals surface area (Å²) >= 11 is 6.05. The number of carbonyl (C=O) groups excluding carboxylic acids is 1. The number of carbonyl (C=O) groups is 1. The van der Waals surface area contributed by atoms with Gasteiger partial charge in [-0.15, -0.1) is 0 Å². The van der Waals surface area contributed by atoms with Crippen LogP contribution in [0.3, 0.4) is 0 Å². The van der Waals surface area contributed by atoms with E-state index >= 15 is 0 Å². The Morgan fingerprint density at radius 2 is 2.00 bits per heavy atom. The molecule has 2 rings (SSSR count). The number of nitrogens with one attached hydrogen (secondary N) is 2. The summed E-state index contributed by atoms with van der Waals surface area (Å²) in [6, 6.07) is 7.08. The predicted molar refractivity (Wildman–Crippen MR) is 100 cm³/mol. The van der Waals surface area contributed by atoms with Crippen molar-refractivity contribution in [3.8, 4) is 0 Å². The minimum absolute atomic E-state index is 0.0671. The number of hydrogen-bond acceptors (Lipinski definition) is 1. The summed E-state index contributed by atoms with van der Waals surface area (Å²) in [6.45, 7) is 8.13. The van der Waals surface area contributed by atoms with E-state index in [1.165, 1.54) is 11.1 Å². The molecule has 2 N–H and O–H groups in total. The number of allylic oxidation sites excluding steroid dienone is 2. The van der Waals surface area contributed by atoms with Crippen molar-refractivity contribution in [3.05, 3.63) is 52.6 Å². The first-order valence-electron chi connectivity index (χ1n) is 8.26. The third-order valence-electron chi connectivity index (χ3n) is 3.69. The van der Waals surface area contributed by atoms with Gasteiger partial charge in [-0.1, -0.05) is 55.3 Å². The molecule has 1 atom stereocenters. The highest BCUT2D eigenvalue weighted by atomic mass is 35.5. The highest BCUT2D eigenvalue weighted by Crippen LogP contribution is 2.26. The average molecular weight is 335 g/mol. The van der Waals surface area contributed by atoms with Crippen molar-refractivity contribution in [2.75, 3.05) is 5.32 Å². The summed E-state index contributed by atoms with van der Waals surface area (Å²) in [6.07, 6.45) is 7.28. The lowest BCUT2D eigenvalue weighted by molar-refractivity contribution is 0.249. The monoisotopic (exact) mass is 334 g/mol. The summed E-state index contributed by atoms with van der Waals surface area (Å²) in [4.78, 5) is 12.2. The third-order valence-corrected chi connectivity index (χ3v) is 4.02. The van der Waals surface area contributed by atoms with E-state index in [-0.39, 0.29) is 12.1 Å². The zero-order chi connectivity index (χ0) is 17.2. The molecule has 0 bridgehead atoms. The molecule has 23 heavy (non-hydrogen) atoms. The van der Waals surface area contributed by atoms with Crippen LogP contribution in [-0.4, -0.2) is 12.1 Å². The lowest BCUT2D eigenvalue weighted by Crippen LogP contribution is -2.40. The maximum Gasteiger partial charge on any atom is 0.319 e. The molecule has 126 valence electrons. The van der Waals surface area contributed by atoms with E-state index in [9.17, 15) is 4.79 Å². The van der Waals surface area contributed by atoms with Crippen LogP contribution >= 0.6 is 11.6 Å². The van der Waals surface area contributed by atoms with Gasteiger partial charge in [0.2, 0.25) is 0 Å². The van der Waals surface area contributed by atoms with E-state index in [0.29, 0.717) is 10.7 Å². The topological polar surface area (TPSA) is 41.1 Å². The van der Waals surface area contributed by atoms with Gasteiger partial charge in [0.05, 0.1) is 16.8 Å². The van der Waals surface area contributed by atoms with E-state index in [0.717, 1.165) is 19.3 Å². The van der Waals surface area contributed by atoms with E-state index in [1.54, 1.807) is 12.1 Å². The molecular weight excluding hydrogens is 308 g/mol. The Balaban J connectivity index is 0.00000127. The second-order valence-electron chi connectivity index (χ2n) is 5.26. The summed E-state index contributed by atoms with van der Waals surface area (Å²) in [5.74, 6) is 0. The molecule has 0 saturated heterocycles. The van der Waals surface area contributed by atoms with Crippen LogP contribution in [-0.2, 0) is 0 Å². The normalized spacial score (nSPS) is 17.5. The minimum atomic E-state index is -0.218. The van der Waals surface area contributed by atoms with Gasteiger partial charge in [0.1, 0.15) is 0 Å². The maximum absolute atomic E-state index is 12.2. The van der Waals surface area contributed by atoms with Crippen LogP contribution in [0, 0.1) is 0 Å². The second kappa shape index (κ2) is 10.1. The van der Waals surface area contributed by atoms with E-state index < -0.39 is 0 Å². The van der Waals surface area contributed by atoms with E-state index in [4.69, 9.17) is 11.6 Å². The van der Waals surface area contributed by atoms with Gasteiger partial charge in [0, 0.05) is 0 Å². The van der Waals surface area contributed by atoms with Crippen molar-refractivity contribution >= 4 is 23.3 Å². The van der Waals surface area contributed by atoms with Gasteiger partial charge in [-0.3, -0.25) is 0 Å². The van der Waals surface area contributed by atoms with Crippen molar-refractivity contribution in [2.45, 2.75) is 53.0 Å². The highest BCUT2D eigenvalue weighted by Gasteiger charge is 2.21. The van der Waals surface area contributed by atoms with Crippen LogP contribution < -0.4 is 10.6 Å². The molecule has 0 aliphatic heterocycles. The van der Waals surface area contributed by atoms with Crippen LogP contribution in [0.25, 0.3) is 0 Å². The molecule has 1 aliphatic carbocycles. The molecule has 4 heteroatoms. The molecule has 3 nitrogen and oxygen atoms in total. The van der Waals surface area contributed by atoms with Crippen LogP contribution in [0.15, 0.2) is 47.6 Å². The Labute approximate surface area is 144 Å². The standard InChI is InChI=1S/C17H21ClN2O.C2H6/c1-3-7-13-12(2)8-6-11-15(13)19-17(21)20-16-10-5-4-9-14(16)18;1-2/h3-5,7,9-10,15H,6,8,11H2,1-2H3,(H2,19,20,21);1-2H3/b7-3-;. The molecule has 0 spiro atoms. The van der Waals surface area contributed by atoms with Crippen LogP contribution in [0.1, 0.15) is 47.0 Å². The number of urea groups is 1. The lowest BCUT2D eigenvalue weighted by Gasteiger charge is -2.26. The smallest absolute Gasteiger partial charge is 0.319 e. The van der Waals surface area contributed by atoms with Crippen molar-refractivity contribution in [1.82, 2.24) is 5.32 Å². The lowest BCUT2D eigenvalue weighted by atomic mass is 9.88. The van der Waals surface area contributed by atoms with Crippen LogP contribution in [0.4, 0.5) is 10.5 Å². The van der Waals surface area contributed by atoms with Gasteiger partial charge in [-0.2, -0.15) is 0 Å². The van der Waals surface area contributed by atoms with Gasteiger partial charge in [0.25, 0.3) is 0 Å². The number of rotatable bonds is 3. The molecule has 1 unspecified atom stereocenters. The number of hydrogen-bond donors (Lipinski definition) is 2. The Morgan fingerprint density at radius 3 is 2.65 bits per heavy atom. The van der Waals surface area contributed by atoms with Crippen molar-refractivity contribution in [2.24, 2.45) is 0 Å². The Hall–Kier alpha value is -1.74. The Kier molecular flexibility index (Phi) is 8.49. The molecule has 0 saturated carbocycles. The molecule has 1 aliphatic rings. The summed E-state index contributed by atoms with van der Waals surface area (Å²) in [7, 11) is 0. The molecule has 0 fully saturated rings.